The smallest absolute Gasteiger partial charge is 0.177 e. The summed E-state index contributed by atoms with van der Waals surface area (Å²) < 4.78 is 14.3. The Morgan fingerprint density at radius 2 is 2.00 bits per heavy atom. The lowest BCUT2D eigenvalue weighted by Crippen LogP contribution is -2.04. The number of benzene rings is 1. The van der Waals surface area contributed by atoms with Crippen molar-refractivity contribution < 1.29 is 9.18 Å². The predicted molar refractivity (Wildman–Crippen MR) is 59.9 cm³/mol. The van der Waals surface area contributed by atoms with Crippen molar-refractivity contribution in [3.05, 3.63) is 32.5 Å². The minimum atomic E-state index is -0.523. The third kappa shape index (κ3) is 2.60. The first kappa shape index (κ1) is 11.3. The van der Waals surface area contributed by atoms with Crippen molar-refractivity contribution >= 4 is 53.6 Å². The Labute approximate surface area is 100 Å². The highest BCUT2D eigenvalue weighted by molar-refractivity contribution is 9.11. The minimum absolute atomic E-state index is 0.0834. The van der Waals surface area contributed by atoms with E-state index in [0.29, 0.717) is 8.95 Å². The van der Waals surface area contributed by atoms with Crippen LogP contribution in [0.4, 0.5) is 4.39 Å². The number of hydrogen-bond acceptors (Lipinski definition) is 1. The fourth-order valence-corrected chi connectivity index (χ4v) is 2.55. The van der Waals surface area contributed by atoms with Gasteiger partial charge in [0, 0.05) is 8.95 Å². The number of hydrogen-bond donors (Lipinski definition) is 0. The van der Waals surface area contributed by atoms with E-state index in [1.807, 2.05) is 0 Å². The molecule has 0 N–H and O–H groups in total. The number of carbonyl (C=O) groups excluding carboxylic acids is 1. The van der Waals surface area contributed by atoms with E-state index in [1.165, 1.54) is 6.07 Å². The summed E-state index contributed by atoms with van der Waals surface area (Å²) in [5.74, 6) is -0.803. The van der Waals surface area contributed by atoms with E-state index < -0.39 is 5.82 Å². The van der Waals surface area contributed by atoms with Gasteiger partial charge in [-0.25, -0.2) is 4.39 Å². The van der Waals surface area contributed by atoms with Crippen molar-refractivity contribution in [1.82, 2.24) is 0 Å². The van der Waals surface area contributed by atoms with Gasteiger partial charge in [-0.2, -0.15) is 0 Å². The molecule has 0 aliphatic heterocycles. The number of halogens is 4. The van der Waals surface area contributed by atoms with Crippen LogP contribution in [-0.2, 0) is 0 Å². The van der Waals surface area contributed by atoms with Crippen LogP contribution < -0.4 is 0 Å². The number of rotatable bonds is 2. The summed E-state index contributed by atoms with van der Waals surface area (Å²) in [5.41, 5.74) is 0.0834. The molecule has 0 heterocycles. The Kier molecular flexibility index (Phi) is 4.06. The molecule has 5 heteroatoms. The van der Waals surface area contributed by atoms with Gasteiger partial charge in [-0.05, 0) is 28.1 Å². The number of Topliss-reactive ketones (excluding diaryl/α,β-unsaturated/α-hetero) is 1. The summed E-state index contributed by atoms with van der Waals surface area (Å²) in [6.45, 7) is 0. The summed E-state index contributed by atoms with van der Waals surface area (Å²) in [4.78, 5) is 11.2. The molecule has 0 saturated carbocycles. The van der Waals surface area contributed by atoms with E-state index in [1.54, 1.807) is 6.07 Å². The average Bonchev–Trinajstić information content (AvgIpc) is 2.02. The highest BCUT2D eigenvalue weighted by atomic mass is 79.9. The van der Waals surface area contributed by atoms with Crippen LogP contribution in [0.5, 0.6) is 0 Å². The molecule has 1 aromatic rings. The largest absolute Gasteiger partial charge is 0.293 e. The molecule has 1 nitrogen and oxygen atoms in total. The molecule has 0 amide bonds. The number of carbonyl (C=O) groups is 1. The summed E-state index contributed by atoms with van der Waals surface area (Å²) in [6, 6.07) is 2.90. The minimum Gasteiger partial charge on any atom is -0.293 e. The molecule has 0 aliphatic carbocycles. The lowest BCUT2D eigenvalue weighted by atomic mass is 10.1. The molecule has 1 rings (SSSR count). The standard InChI is InChI=1S/C8H4Br3FO/c9-3-7(13)8-5(11)1-4(10)2-6(8)12/h1-2H,3H2. The van der Waals surface area contributed by atoms with Crippen molar-refractivity contribution in [2.24, 2.45) is 0 Å². The summed E-state index contributed by atoms with van der Waals surface area (Å²) in [5, 5.41) is 0.115. The number of ketones is 1. The van der Waals surface area contributed by atoms with Gasteiger partial charge < -0.3 is 0 Å². The van der Waals surface area contributed by atoms with Gasteiger partial charge in [-0.1, -0.05) is 31.9 Å². The van der Waals surface area contributed by atoms with Gasteiger partial charge in [0.2, 0.25) is 0 Å². The summed E-state index contributed by atoms with van der Waals surface area (Å²) in [7, 11) is 0. The molecule has 0 fully saturated rings. The molecule has 0 radical (unpaired) electrons. The Bertz CT molecular complexity index is 328. The first-order valence-electron chi connectivity index (χ1n) is 3.30. The van der Waals surface area contributed by atoms with Crippen molar-refractivity contribution in [3.8, 4) is 0 Å². The summed E-state index contributed by atoms with van der Waals surface area (Å²) >= 11 is 9.24. The van der Waals surface area contributed by atoms with Crippen LogP contribution in [0.15, 0.2) is 21.1 Å². The van der Waals surface area contributed by atoms with Crippen molar-refractivity contribution in [2.75, 3.05) is 5.33 Å². The van der Waals surface area contributed by atoms with E-state index in [9.17, 15) is 9.18 Å². The van der Waals surface area contributed by atoms with Gasteiger partial charge >= 0.3 is 0 Å². The SMILES string of the molecule is O=C(CBr)c1c(F)cc(Br)cc1Br. The molecule has 0 aromatic heterocycles. The highest BCUT2D eigenvalue weighted by Gasteiger charge is 2.15. The first-order chi connectivity index (χ1) is 6.06. The second kappa shape index (κ2) is 4.66. The molecule has 0 unspecified atom stereocenters. The van der Waals surface area contributed by atoms with E-state index in [-0.39, 0.29) is 16.7 Å². The van der Waals surface area contributed by atoms with Crippen LogP contribution >= 0.6 is 47.8 Å². The van der Waals surface area contributed by atoms with Crippen molar-refractivity contribution in [3.63, 3.8) is 0 Å². The van der Waals surface area contributed by atoms with Crippen LogP contribution in [0.1, 0.15) is 10.4 Å². The molecule has 0 atom stereocenters. The van der Waals surface area contributed by atoms with Crippen molar-refractivity contribution in [2.45, 2.75) is 0 Å². The lowest BCUT2D eigenvalue weighted by molar-refractivity contribution is 0.101. The molecule has 1 aromatic carbocycles. The summed E-state index contributed by atoms with van der Waals surface area (Å²) in [6.07, 6.45) is 0. The topological polar surface area (TPSA) is 17.1 Å². The monoisotopic (exact) mass is 372 g/mol. The fraction of sp³-hybridized carbons (Fsp3) is 0.125. The second-order valence-electron chi connectivity index (χ2n) is 2.30. The molecular formula is C8H4Br3FO. The molecule has 13 heavy (non-hydrogen) atoms. The predicted octanol–water partition coefficient (Wildman–Crippen LogP) is 3.93. The Morgan fingerprint density at radius 1 is 1.38 bits per heavy atom. The Balaban J connectivity index is 3.28. The highest BCUT2D eigenvalue weighted by Crippen LogP contribution is 2.25. The van der Waals surface area contributed by atoms with Gasteiger partial charge in [0.05, 0.1) is 10.9 Å². The van der Waals surface area contributed by atoms with Crippen LogP contribution in [0, 0.1) is 5.82 Å². The van der Waals surface area contributed by atoms with E-state index in [4.69, 9.17) is 0 Å². The van der Waals surface area contributed by atoms with E-state index in [2.05, 4.69) is 47.8 Å². The van der Waals surface area contributed by atoms with E-state index in [0.717, 1.165) is 0 Å². The van der Waals surface area contributed by atoms with Gasteiger partial charge in [0.25, 0.3) is 0 Å². The average molecular weight is 375 g/mol. The molecule has 0 saturated heterocycles. The molecule has 0 spiro atoms. The molecular weight excluding hydrogens is 371 g/mol. The third-order valence-electron chi connectivity index (χ3n) is 1.41. The molecule has 0 aliphatic rings. The van der Waals surface area contributed by atoms with Crippen molar-refractivity contribution in [1.29, 1.82) is 0 Å². The van der Waals surface area contributed by atoms with Gasteiger partial charge in [-0.15, -0.1) is 0 Å². The van der Waals surface area contributed by atoms with E-state index >= 15 is 0 Å². The quantitative estimate of drug-likeness (QED) is 0.566. The molecule has 0 bridgehead atoms. The van der Waals surface area contributed by atoms with Crippen LogP contribution in [0.3, 0.4) is 0 Å². The Morgan fingerprint density at radius 3 is 2.46 bits per heavy atom. The maximum absolute atomic E-state index is 13.2. The van der Waals surface area contributed by atoms with Crippen LogP contribution in [-0.4, -0.2) is 11.1 Å². The van der Waals surface area contributed by atoms with Gasteiger partial charge in [0.15, 0.2) is 5.78 Å². The lowest BCUT2D eigenvalue weighted by Gasteiger charge is -2.03. The normalized spacial score (nSPS) is 10.2. The molecule has 70 valence electrons. The van der Waals surface area contributed by atoms with Crippen LogP contribution in [0.2, 0.25) is 0 Å². The maximum atomic E-state index is 13.2. The Hall–Kier alpha value is 0.260. The zero-order valence-electron chi connectivity index (χ0n) is 6.28. The zero-order chi connectivity index (χ0) is 10.0. The second-order valence-corrected chi connectivity index (χ2v) is 4.63. The van der Waals surface area contributed by atoms with Gasteiger partial charge in [-0.3, -0.25) is 4.79 Å². The van der Waals surface area contributed by atoms with Gasteiger partial charge in [0.1, 0.15) is 5.82 Å². The maximum Gasteiger partial charge on any atom is 0.177 e. The zero-order valence-corrected chi connectivity index (χ0v) is 11.0. The van der Waals surface area contributed by atoms with Crippen LogP contribution in [0.25, 0.3) is 0 Å². The number of alkyl halides is 1. The first-order valence-corrected chi connectivity index (χ1v) is 6.00. The third-order valence-corrected chi connectivity index (χ3v) is 3.00. The fourth-order valence-electron chi connectivity index (χ4n) is 0.875.